The molecule has 25 heavy (non-hydrogen) atoms. The summed E-state index contributed by atoms with van der Waals surface area (Å²) in [5.74, 6) is -2.92. The highest BCUT2D eigenvalue weighted by atomic mass is 19.4. The lowest BCUT2D eigenvalue weighted by Crippen LogP contribution is -2.45. The van der Waals surface area contributed by atoms with E-state index in [-0.39, 0.29) is 16.8 Å². The highest BCUT2D eigenvalue weighted by Crippen LogP contribution is 2.28. The van der Waals surface area contributed by atoms with Gasteiger partial charge in [0.15, 0.2) is 0 Å². The molecular formula is C15H15F3N2O5. The summed E-state index contributed by atoms with van der Waals surface area (Å²) in [4.78, 5) is 35.4. The quantitative estimate of drug-likeness (QED) is 0.793. The molecule has 0 bridgehead atoms. The van der Waals surface area contributed by atoms with E-state index < -0.39 is 49.6 Å². The van der Waals surface area contributed by atoms with Crippen LogP contribution in [-0.4, -0.2) is 53.7 Å². The fourth-order valence-electron chi connectivity index (χ4n) is 2.49. The summed E-state index contributed by atoms with van der Waals surface area (Å²) in [6.07, 6.45) is -5.09. The molecule has 1 atom stereocenters. The van der Waals surface area contributed by atoms with Crippen LogP contribution < -0.4 is 5.32 Å². The number of nitrogens with one attached hydrogen (secondary N) is 1. The van der Waals surface area contributed by atoms with E-state index in [9.17, 15) is 27.6 Å². The van der Waals surface area contributed by atoms with Gasteiger partial charge in [0.25, 0.3) is 0 Å². The summed E-state index contributed by atoms with van der Waals surface area (Å²) < 4.78 is 42.8. The Hall–Kier alpha value is -2.78. The van der Waals surface area contributed by atoms with Gasteiger partial charge in [0, 0.05) is 12.2 Å². The number of aromatic carboxylic acids is 1. The van der Waals surface area contributed by atoms with Crippen molar-refractivity contribution in [2.75, 3.05) is 19.0 Å². The van der Waals surface area contributed by atoms with Gasteiger partial charge in [-0.25, -0.2) is 4.79 Å². The molecule has 1 aliphatic heterocycles. The minimum absolute atomic E-state index is 0.119. The highest BCUT2D eigenvalue weighted by Gasteiger charge is 2.38. The van der Waals surface area contributed by atoms with Gasteiger partial charge in [-0.3, -0.25) is 9.59 Å². The lowest BCUT2D eigenvalue weighted by Gasteiger charge is -2.25. The summed E-state index contributed by atoms with van der Waals surface area (Å²) in [7, 11) is 1.10. The Bertz CT molecular complexity index is 705. The molecule has 0 radical (unpaired) electrons. The third-order valence-corrected chi connectivity index (χ3v) is 3.62. The van der Waals surface area contributed by atoms with Gasteiger partial charge in [-0.2, -0.15) is 13.2 Å². The largest absolute Gasteiger partial charge is 0.478 e. The molecule has 0 aromatic heterocycles. The Labute approximate surface area is 140 Å². The van der Waals surface area contributed by atoms with Crippen LogP contribution in [0.4, 0.5) is 18.9 Å². The van der Waals surface area contributed by atoms with Crippen molar-refractivity contribution in [1.29, 1.82) is 0 Å². The molecule has 0 fully saturated rings. The van der Waals surface area contributed by atoms with E-state index in [0.29, 0.717) is 4.90 Å². The van der Waals surface area contributed by atoms with Gasteiger partial charge in [0.2, 0.25) is 5.91 Å². The number of carbonyl (C=O) groups excluding carboxylic acids is 2. The molecule has 0 saturated carbocycles. The molecule has 1 unspecified atom stereocenters. The van der Waals surface area contributed by atoms with Crippen molar-refractivity contribution in [1.82, 2.24) is 4.90 Å². The number of amides is 1. The number of nitrogens with zero attached hydrogens (tertiary/aromatic N) is 1. The third kappa shape index (κ3) is 4.61. The summed E-state index contributed by atoms with van der Waals surface area (Å²) >= 11 is 0. The first-order chi connectivity index (χ1) is 11.6. The summed E-state index contributed by atoms with van der Waals surface area (Å²) in [5, 5.41) is 11.7. The van der Waals surface area contributed by atoms with Gasteiger partial charge in [-0.15, -0.1) is 0 Å². The van der Waals surface area contributed by atoms with Crippen LogP contribution in [0.1, 0.15) is 22.3 Å². The van der Waals surface area contributed by atoms with E-state index in [1.165, 1.54) is 18.2 Å². The fraction of sp³-hybridized carbons (Fsp3) is 0.400. The zero-order valence-corrected chi connectivity index (χ0v) is 13.1. The maximum Gasteiger partial charge on any atom is 0.406 e. The molecule has 136 valence electrons. The lowest BCUT2D eigenvalue weighted by molar-refractivity contribution is -0.163. The average molecular weight is 360 g/mol. The Morgan fingerprint density at radius 2 is 2.08 bits per heavy atom. The minimum atomic E-state index is -4.64. The Kier molecular flexibility index (Phi) is 5.19. The molecule has 1 heterocycles. The second-order valence-electron chi connectivity index (χ2n) is 5.46. The smallest absolute Gasteiger partial charge is 0.406 e. The molecule has 0 aliphatic carbocycles. The molecule has 0 spiro atoms. The van der Waals surface area contributed by atoms with Crippen LogP contribution in [-0.2, 0) is 20.9 Å². The van der Waals surface area contributed by atoms with Gasteiger partial charge in [-0.05, 0) is 23.8 Å². The molecule has 1 aromatic rings. The van der Waals surface area contributed by atoms with E-state index in [1.54, 1.807) is 0 Å². The summed E-state index contributed by atoms with van der Waals surface area (Å²) in [5.41, 5.74) is 0.383. The van der Waals surface area contributed by atoms with Crippen LogP contribution >= 0.6 is 0 Å². The number of carboxylic acid groups (broad SMARTS) is 1. The fourth-order valence-corrected chi connectivity index (χ4v) is 2.49. The SMILES string of the molecule is COC(=O)CC1Nc2ccc(C(=O)O)cc2CN(CC(F)(F)F)C1=O. The molecule has 7 nitrogen and oxygen atoms in total. The minimum Gasteiger partial charge on any atom is -0.478 e. The molecule has 1 amide bonds. The van der Waals surface area contributed by atoms with Gasteiger partial charge >= 0.3 is 18.1 Å². The number of halogens is 3. The number of rotatable bonds is 4. The van der Waals surface area contributed by atoms with Crippen LogP contribution in [0.15, 0.2) is 18.2 Å². The monoisotopic (exact) mass is 360 g/mol. The van der Waals surface area contributed by atoms with E-state index in [2.05, 4.69) is 10.1 Å². The molecule has 10 heteroatoms. The first-order valence-electron chi connectivity index (χ1n) is 7.16. The molecule has 1 aliphatic rings. The number of hydrogen-bond donors (Lipinski definition) is 2. The second-order valence-corrected chi connectivity index (χ2v) is 5.46. The predicted molar refractivity (Wildman–Crippen MR) is 78.9 cm³/mol. The van der Waals surface area contributed by atoms with Crippen molar-refractivity contribution in [2.45, 2.75) is 25.2 Å². The van der Waals surface area contributed by atoms with Crippen molar-refractivity contribution in [3.05, 3.63) is 29.3 Å². The number of carboxylic acids is 1. The van der Waals surface area contributed by atoms with Crippen molar-refractivity contribution in [3.8, 4) is 0 Å². The van der Waals surface area contributed by atoms with Crippen molar-refractivity contribution in [3.63, 3.8) is 0 Å². The zero-order valence-electron chi connectivity index (χ0n) is 13.1. The molecule has 2 N–H and O–H groups in total. The number of fused-ring (bicyclic) bond motifs is 1. The van der Waals surface area contributed by atoms with E-state index in [4.69, 9.17) is 5.11 Å². The zero-order chi connectivity index (χ0) is 18.8. The average Bonchev–Trinajstić information content (AvgIpc) is 2.63. The van der Waals surface area contributed by atoms with Crippen LogP contribution in [0.3, 0.4) is 0 Å². The number of hydrogen-bond acceptors (Lipinski definition) is 5. The number of benzene rings is 1. The van der Waals surface area contributed by atoms with E-state index >= 15 is 0 Å². The number of anilines is 1. The number of methoxy groups -OCH3 is 1. The first kappa shape index (κ1) is 18.6. The first-order valence-corrected chi connectivity index (χ1v) is 7.16. The normalized spacial score (nSPS) is 17.4. The van der Waals surface area contributed by atoms with Crippen molar-refractivity contribution >= 4 is 23.5 Å². The van der Waals surface area contributed by atoms with Crippen LogP contribution in [0, 0.1) is 0 Å². The summed E-state index contributed by atoms with van der Waals surface area (Å²) in [6.45, 7) is -1.94. The molecule has 1 aromatic carbocycles. The van der Waals surface area contributed by atoms with E-state index in [0.717, 1.165) is 7.11 Å². The molecule has 0 saturated heterocycles. The number of carbonyl (C=O) groups is 3. The highest BCUT2D eigenvalue weighted by molar-refractivity contribution is 5.92. The van der Waals surface area contributed by atoms with Gasteiger partial charge < -0.3 is 20.1 Å². The lowest BCUT2D eigenvalue weighted by atomic mass is 10.1. The topological polar surface area (TPSA) is 95.9 Å². The number of esters is 1. The number of alkyl halides is 3. The third-order valence-electron chi connectivity index (χ3n) is 3.62. The standard InChI is InChI=1S/C15H15F3N2O5/c1-25-12(21)5-11-13(22)20(7-15(16,17)18)6-9-4-8(14(23)24)2-3-10(9)19-11/h2-4,11,19H,5-7H2,1H3,(H,23,24). The van der Waals surface area contributed by atoms with Gasteiger partial charge in [0.05, 0.1) is 19.1 Å². The Balaban J connectivity index is 2.41. The Morgan fingerprint density at radius 3 is 2.64 bits per heavy atom. The maximum absolute atomic E-state index is 12.8. The number of ether oxygens (including phenoxy) is 1. The van der Waals surface area contributed by atoms with Crippen molar-refractivity contribution < 1.29 is 37.4 Å². The molecular weight excluding hydrogens is 345 g/mol. The maximum atomic E-state index is 12.8. The van der Waals surface area contributed by atoms with E-state index in [1.807, 2.05) is 0 Å². The van der Waals surface area contributed by atoms with Crippen LogP contribution in [0.25, 0.3) is 0 Å². The van der Waals surface area contributed by atoms with Crippen molar-refractivity contribution in [2.24, 2.45) is 0 Å². The predicted octanol–water partition coefficient (Wildman–Crippen LogP) is 1.63. The Morgan fingerprint density at radius 1 is 1.40 bits per heavy atom. The van der Waals surface area contributed by atoms with Gasteiger partial charge in [0.1, 0.15) is 12.6 Å². The molecule has 2 rings (SSSR count). The summed E-state index contributed by atoms with van der Waals surface area (Å²) in [6, 6.07) is 2.56. The second kappa shape index (κ2) is 6.99. The van der Waals surface area contributed by atoms with Crippen LogP contribution in [0.5, 0.6) is 0 Å². The van der Waals surface area contributed by atoms with Gasteiger partial charge in [-0.1, -0.05) is 0 Å². The van der Waals surface area contributed by atoms with Crippen LogP contribution in [0.2, 0.25) is 0 Å².